The van der Waals surface area contributed by atoms with Crippen LogP contribution in [0.4, 0.5) is 34.1 Å². The Morgan fingerprint density at radius 1 is 0.494 bits per heavy atom. The van der Waals surface area contributed by atoms with E-state index in [1.54, 1.807) is 0 Å². The van der Waals surface area contributed by atoms with Crippen LogP contribution in [-0.2, 0) is 85.1 Å². The molecule has 0 atom stereocenters. The number of sulfone groups is 1. The minimum atomic E-state index is -5.65. The van der Waals surface area contributed by atoms with Crippen LogP contribution in [0.3, 0.4) is 0 Å². The number of fused-ring (bicyclic) bond motifs is 3. The fourth-order valence-electron chi connectivity index (χ4n) is 7.85. The van der Waals surface area contributed by atoms with Gasteiger partial charge in [0.25, 0.3) is 60.7 Å². The summed E-state index contributed by atoms with van der Waals surface area (Å²) in [4.78, 5) is 9.09. The minimum absolute atomic E-state index is 0. The predicted molar refractivity (Wildman–Crippen MR) is 282 cm³/mol. The molecule has 87 heavy (non-hydrogen) atoms. The fraction of sp³-hybridized carbons (Fsp3) is 0.0488. The maximum Gasteiger partial charge on any atom is 1.00 e. The number of H-pyrrole nitrogens is 2. The Kier molecular flexibility index (Phi) is 21.5. The van der Waals surface area contributed by atoms with Crippen LogP contribution in [0.2, 0.25) is 5.28 Å². The van der Waals surface area contributed by atoms with Crippen molar-refractivity contribution in [3.63, 3.8) is 0 Å². The van der Waals surface area contributed by atoms with E-state index in [0.29, 0.717) is 36.4 Å². The van der Waals surface area contributed by atoms with E-state index in [4.69, 9.17) is 16.2 Å². The number of rotatable bonds is 17. The number of azo groups is 2. The monoisotopic (exact) mass is 1430 g/mol. The van der Waals surface area contributed by atoms with Gasteiger partial charge in [0, 0.05) is 26.9 Å². The fourth-order valence-corrected chi connectivity index (χ4v) is 13.6. The third-order valence-corrected chi connectivity index (χ3v) is 18.9. The Balaban J connectivity index is 0.00000605. The van der Waals surface area contributed by atoms with Crippen LogP contribution in [0, 0.1) is 0 Å². The SMILES string of the molecule is O=S(=O)(O)OCCS(=O)(=O)c1ccc(N=Nc2c(S(=O)(=O)O)cc3c(S(=O)(=O)O)ccc(N=c4nc(Cl)[nH]c(=Nc5cc(S(=O)(=O)O)cc6cc(S(=O)(=O)O)c(N=Nc7ccc8c(S(=O)(=O)O)cccc8c7S(=O)(=O)O)c([O-])c56)[nH]4)c3c2[O-])cc1.[K+].[K+]. The molecule has 0 saturated heterocycles. The van der Waals surface area contributed by atoms with Crippen LogP contribution in [0.5, 0.6) is 11.5 Å². The zero-order valence-corrected chi connectivity index (χ0v) is 56.3. The first-order chi connectivity index (χ1) is 39.0. The van der Waals surface area contributed by atoms with E-state index < -0.39 is 216 Å². The van der Waals surface area contributed by atoms with Crippen molar-refractivity contribution < 1.29 is 216 Å². The van der Waals surface area contributed by atoms with Gasteiger partial charge in [-0.05, 0) is 89.8 Å². The Bertz CT molecular complexity index is 5430. The van der Waals surface area contributed by atoms with E-state index in [0.717, 1.165) is 54.6 Å². The third kappa shape index (κ3) is 16.4. The van der Waals surface area contributed by atoms with Gasteiger partial charge in [-0.3, -0.25) is 36.9 Å². The molecule has 0 amide bonds. The van der Waals surface area contributed by atoms with Gasteiger partial charge in [-0.2, -0.15) is 69.0 Å². The molecule has 1 heterocycles. The van der Waals surface area contributed by atoms with Gasteiger partial charge in [0.2, 0.25) is 16.5 Å². The first-order valence-electron chi connectivity index (χ1n) is 21.8. The molecule has 0 unspecified atom stereocenters. The quantitative estimate of drug-likeness (QED) is 0.0256. The van der Waals surface area contributed by atoms with Gasteiger partial charge >= 0.3 is 113 Å². The number of aromatic nitrogens is 3. The molecule has 0 saturated carbocycles. The first kappa shape index (κ1) is 71.6. The molecular formula is C41H28ClK2N9O26S8. The molecule has 0 fully saturated rings. The summed E-state index contributed by atoms with van der Waals surface area (Å²) in [6, 6.07) is 11.2. The van der Waals surface area contributed by atoms with Gasteiger partial charge in [-0.15, -0.1) is 15.3 Å². The Labute approximate surface area is 578 Å². The number of halogens is 1. The van der Waals surface area contributed by atoms with Crippen LogP contribution < -0.4 is 124 Å². The van der Waals surface area contributed by atoms with Crippen LogP contribution in [0.25, 0.3) is 32.3 Å². The zero-order chi connectivity index (χ0) is 62.9. The summed E-state index contributed by atoms with van der Waals surface area (Å²) < 4.78 is 272. The maximum absolute atomic E-state index is 14.5. The number of nitrogens with one attached hydrogen (secondary N) is 2. The van der Waals surface area contributed by atoms with Crippen molar-refractivity contribution in [2.75, 3.05) is 12.4 Å². The summed E-state index contributed by atoms with van der Waals surface area (Å²) in [6.45, 7) is -0.999. The Morgan fingerprint density at radius 2 is 1.05 bits per heavy atom. The van der Waals surface area contributed by atoms with Gasteiger partial charge in [0.05, 0.1) is 50.6 Å². The van der Waals surface area contributed by atoms with Gasteiger partial charge < -0.3 is 15.2 Å². The van der Waals surface area contributed by atoms with E-state index in [-0.39, 0.29) is 108 Å². The summed E-state index contributed by atoms with van der Waals surface area (Å²) in [5, 5.41) is 37.9. The van der Waals surface area contributed by atoms with E-state index in [2.05, 4.69) is 49.6 Å². The molecule has 0 spiro atoms. The van der Waals surface area contributed by atoms with Crippen LogP contribution in [-0.4, -0.2) is 127 Å². The smallest absolute Gasteiger partial charge is 0.870 e. The van der Waals surface area contributed by atoms with Crippen molar-refractivity contribution in [3.8, 4) is 11.5 Å². The van der Waals surface area contributed by atoms with Gasteiger partial charge in [-0.25, -0.2) is 22.6 Å². The van der Waals surface area contributed by atoms with E-state index in [1.165, 1.54) is 0 Å². The molecule has 0 aliphatic heterocycles. The second-order valence-electron chi connectivity index (χ2n) is 16.8. The second kappa shape index (κ2) is 26.1. The van der Waals surface area contributed by atoms with Crippen LogP contribution >= 0.6 is 11.6 Å². The van der Waals surface area contributed by atoms with Gasteiger partial charge in [-0.1, -0.05) is 29.7 Å². The number of aromatic amines is 2. The average molecular weight is 1430 g/mol. The molecule has 8 rings (SSSR count). The first-order valence-corrected chi connectivity index (χ1v) is 33.8. The average Bonchev–Trinajstić information content (AvgIpc) is 0.873. The summed E-state index contributed by atoms with van der Waals surface area (Å²) >= 11 is 6.25. The summed E-state index contributed by atoms with van der Waals surface area (Å²) in [7, 11) is -41.8. The van der Waals surface area contributed by atoms with Crippen molar-refractivity contribution in [1.29, 1.82) is 0 Å². The summed E-state index contributed by atoms with van der Waals surface area (Å²) in [5.74, 6) is -4.19. The number of benzene rings is 7. The number of hydrogen-bond donors (Lipinski definition) is 9. The normalized spacial score (nSPS) is 13.7. The van der Waals surface area contributed by atoms with Gasteiger partial charge in [0.1, 0.15) is 30.2 Å². The van der Waals surface area contributed by atoms with Gasteiger partial charge in [0.15, 0.2) is 9.84 Å². The molecule has 46 heteroatoms. The second-order valence-corrected chi connectivity index (χ2v) is 28.7. The Morgan fingerprint density at radius 3 is 1.61 bits per heavy atom. The van der Waals surface area contributed by atoms with Crippen molar-refractivity contribution in [3.05, 3.63) is 108 Å². The molecule has 0 radical (unpaired) electrons. The molecule has 8 aromatic rings. The van der Waals surface area contributed by atoms with Crippen molar-refractivity contribution in [2.45, 2.75) is 34.3 Å². The van der Waals surface area contributed by atoms with Crippen molar-refractivity contribution >= 4 is 159 Å². The van der Waals surface area contributed by atoms with Crippen molar-refractivity contribution in [1.82, 2.24) is 15.0 Å². The minimum Gasteiger partial charge on any atom is -0.870 e. The molecular weight excluding hydrogens is 1400 g/mol. The van der Waals surface area contributed by atoms with Crippen LogP contribution in [0.15, 0.2) is 156 Å². The Hall–Kier alpha value is -4.43. The molecule has 7 aromatic carbocycles. The van der Waals surface area contributed by atoms with E-state index in [9.17, 15) is 105 Å². The van der Waals surface area contributed by atoms with Crippen molar-refractivity contribution in [2.24, 2.45) is 30.4 Å². The van der Waals surface area contributed by atoms with E-state index >= 15 is 0 Å². The molecule has 450 valence electrons. The zero-order valence-electron chi connectivity index (χ0n) is 42.7. The van der Waals surface area contributed by atoms with E-state index in [1.807, 2.05) is 0 Å². The third-order valence-electron chi connectivity index (χ3n) is 11.3. The van der Waals surface area contributed by atoms with Crippen LogP contribution in [0.1, 0.15) is 0 Å². The molecule has 0 bridgehead atoms. The summed E-state index contributed by atoms with van der Waals surface area (Å²) in [6.07, 6.45) is 0. The topological polar surface area (TPSA) is 589 Å². The predicted octanol–water partition coefficient (Wildman–Crippen LogP) is -2.63. The number of nitrogens with zero attached hydrogens (tertiary/aromatic N) is 7. The summed E-state index contributed by atoms with van der Waals surface area (Å²) in [5.41, 5.74) is -7.02. The molecule has 0 aliphatic carbocycles. The molecule has 1 aromatic heterocycles. The molecule has 35 nitrogen and oxygen atoms in total. The number of hydrogen-bond acceptors (Lipinski definition) is 26. The molecule has 0 aliphatic rings. The molecule has 9 N–H and O–H groups in total. The maximum atomic E-state index is 14.5. The largest absolute Gasteiger partial charge is 1.00 e. The standard InChI is InChI=1S/C41H30ClN9O26S8.2K/c42-39-45-40(43-25-10-11-29(81(62,63)64)24-17-31(83(68,69)70)35(37(53)33(24)25)50-48-19-4-6-20(7-5-19)78(54,55)13-12-77-85(74,75)76)47-41(46-39)44-27-16-21(79(56,57)58)14-18-15-30(82(65,66)67)34(36(52)32(18)27)51-49-26-9-8-22-23(38(26)84(71,72)73)2-1-3-28(22)80(59,60)61;;/h1-11,14-17,52-53H,12-13H2,(H,56,57,58)(H,59,60,61)(H,62,63,64)(H,65,66,67)(H,68,69,70)(H,71,72,73)(H,74,75,76)(H2,43,44,45,46,47);;/q;2*+1/p-2.